The number of hydrogen-bond donors (Lipinski definition) is 0. The number of benzene rings is 1. The van der Waals surface area contributed by atoms with E-state index in [1.807, 2.05) is 36.9 Å². The molecule has 0 radical (unpaired) electrons. The minimum absolute atomic E-state index is 0.0185. The number of piperazine rings is 1. The Labute approximate surface area is 188 Å². The molecule has 0 N–H and O–H groups in total. The van der Waals surface area contributed by atoms with Gasteiger partial charge in [-0.2, -0.15) is 0 Å². The number of carbonyl (C=O) groups excluding carboxylic acids is 1. The number of fused-ring (bicyclic) bond motifs is 1. The van der Waals surface area contributed by atoms with E-state index in [1.54, 1.807) is 4.57 Å². The molecule has 0 bridgehead atoms. The molecule has 1 atom stereocenters. The largest absolute Gasteiger partial charge is 0.340 e. The molecule has 7 heteroatoms. The second kappa shape index (κ2) is 9.83. The molecule has 1 fully saturated rings. The summed E-state index contributed by atoms with van der Waals surface area (Å²) in [5.41, 5.74) is 2.80. The fourth-order valence-corrected chi connectivity index (χ4v) is 5.38. The molecule has 1 saturated heterocycles. The monoisotopic (exact) mass is 438 g/mol. The van der Waals surface area contributed by atoms with Gasteiger partial charge < -0.3 is 4.90 Å². The highest BCUT2D eigenvalue weighted by molar-refractivity contribution is 7.99. The maximum atomic E-state index is 13.1. The van der Waals surface area contributed by atoms with Gasteiger partial charge in [-0.3, -0.25) is 19.1 Å². The molecule has 4 rings (SSSR count). The summed E-state index contributed by atoms with van der Waals surface area (Å²) in [5.74, 6) is 0.702. The molecular formula is C24H30N4O2S. The third-order valence-electron chi connectivity index (χ3n) is 6.11. The topological polar surface area (TPSA) is 58.4 Å². The summed E-state index contributed by atoms with van der Waals surface area (Å²) in [7, 11) is 0. The van der Waals surface area contributed by atoms with Gasteiger partial charge in [0.15, 0.2) is 5.16 Å². The number of rotatable bonds is 5. The number of aromatic nitrogens is 2. The Kier molecular flexibility index (Phi) is 6.92. The van der Waals surface area contributed by atoms with E-state index in [4.69, 9.17) is 0 Å². The van der Waals surface area contributed by atoms with Gasteiger partial charge in [-0.15, -0.1) is 0 Å². The van der Waals surface area contributed by atoms with E-state index in [-0.39, 0.29) is 17.4 Å². The van der Waals surface area contributed by atoms with Crippen LogP contribution in [0.2, 0.25) is 0 Å². The van der Waals surface area contributed by atoms with Crippen LogP contribution in [-0.4, -0.2) is 63.7 Å². The molecule has 3 heterocycles. The number of carbonyl (C=O) groups is 1. The molecule has 0 spiro atoms. The zero-order chi connectivity index (χ0) is 21.8. The third-order valence-corrected chi connectivity index (χ3v) is 7.25. The minimum Gasteiger partial charge on any atom is -0.340 e. The Hall–Kier alpha value is -2.38. The summed E-state index contributed by atoms with van der Waals surface area (Å²) < 4.78 is 1.72. The highest BCUT2D eigenvalue weighted by atomic mass is 32.2. The van der Waals surface area contributed by atoms with Crippen molar-refractivity contribution in [2.75, 3.05) is 38.5 Å². The molecule has 1 amide bonds. The Morgan fingerprint density at radius 3 is 2.65 bits per heavy atom. The third kappa shape index (κ3) is 4.93. The summed E-state index contributed by atoms with van der Waals surface area (Å²) in [6.07, 6.45) is 5.00. The van der Waals surface area contributed by atoms with Crippen molar-refractivity contribution < 1.29 is 4.79 Å². The standard InChI is InChI=1S/C24H30N4O2S/c1-3-21-18(2)25-24-28(23(21)30)16-20(17-31-24)22(29)27-14-12-26(13-15-27)11-7-10-19-8-5-4-6-9-19/h4-10,20H,3,11-17H2,1-2H3/b10-7+. The predicted octanol–water partition coefficient (Wildman–Crippen LogP) is 2.69. The fourth-order valence-electron chi connectivity index (χ4n) is 4.26. The van der Waals surface area contributed by atoms with Gasteiger partial charge in [0.1, 0.15) is 0 Å². The molecule has 1 aromatic heterocycles. The summed E-state index contributed by atoms with van der Waals surface area (Å²) >= 11 is 1.53. The smallest absolute Gasteiger partial charge is 0.257 e. The summed E-state index contributed by atoms with van der Waals surface area (Å²) in [4.78, 5) is 34.9. The van der Waals surface area contributed by atoms with Crippen molar-refractivity contribution in [3.8, 4) is 0 Å². The molecule has 2 aliphatic heterocycles. The Morgan fingerprint density at radius 1 is 1.19 bits per heavy atom. The first-order valence-electron chi connectivity index (χ1n) is 11.0. The molecule has 1 unspecified atom stereocenters. The van der Waals surface area contributed by atoms with E-state index in [2.05, 4.69) is 34.2 Å². The van der Waals surface area contributed by atoms with Crippen LogP contribution in [0.5, 0.6) is 0 Å². The van der Waals surface area contributed by atoms with Crippen LogP contribution < -0.4 is 5.56 Å². The van der Waals surface area contributed by atoms with E-state index >= 15 is 0 Å². The van der Waals surface area contributed by atoms with Gasteiger partial charge in [-0.05, 0) is 18.9 Å². The van der Waals surface area contributed by atoms with E-state index < -0.39 is 0 Å². The molecule has 2 aromatic rings. The van der Waals surface area contributed by atoms with Gasteiger partial charge in [-0.25, -0.2) is 4.98 Å². The second-order valence-corrected chi connectivity index (χ2v) is 9.16. The van der Waals surface area contributed by atoms with Crippen molar-refractivity contribution in [2.45, 2.75) is 32.0 Å². The van der Waals surface area contributed by atoms with Crippen molar-refractivity contribution in [1.82, 2.24) is 19.4 Å². The maximum Gasteiger partial charge on any atom is 0.257 e. The molecule has 164 valence electrons. The maximum absolute atomic E-state index is 13.1. The number of aryl methyl sites for hydroxylation is 1. The zero-order valence-electron chi connectivity index (χ0n) is 18.3. The fraction of sp³-hybridized carbons (Fsp3) is 0.458. The van der Waals surface area contributed by atoms with Gasteiger partial charge in [0, 0.05) is 56.3 Å². The van der Waals surface area contributed by atoms with Gasteiger partial charge in [-0.1, -0.05) is 61.2 Å². The molecule has 2 aliphatic rings. The molecule has 0 aliphatic carbocycles. The lowest BCUT2D eigenvalue weighted by Crippen LogP contribution is -2.51. The highest BCUT2D eigenvalue weighted by Crippen LogP contribution is 2.27. The molecule has 1 aromatic carbocycles. The molecule has 0 saturated carbocycles. The van der Waals surface area contributed by atoms with Crippen molar-refractivity contribution in [3.05, 3.63) is 63.6 Å². The quantitative estimate of drug-likeness (QED) is 0.672. The average Bonchev–Trinajstić information content (AvgIpc) is 2.80. The normalized spacial score (nSPS) is 19.5. The predicted molar refractivity (Wildman–Crippen MR) is 125 cm³/mol. The number of hydrogen-bond acceptors (Lipinski definition) is 5. The first-order chi connectivity index (χ1) is 15.1. The van der Waals surface area contributed by atoms with Crippen LogP contribution in [-0.2, 0) is 17.8 Å². The van der Waals surface area contributed by atoms with Gasteiger partial charge in [0.2, 0.25) is 5.91 Å². The van der Waals surface area contributed by atoms with Gasteiger partial charge in [0.05, 0.1) is 5.92 Å². The zero-order valence-corrected chi connectivity index (χ0v) is 19.1. The van der Waals surface area contributed by atoms with E-state index in [0.717, 1.165) is 49.1 Å². The number of amides is 1. The SMILES string of the molecule is CCc1c(C)nc2n(c1=O)CC(C(=O)N1CCN(C/C=C/c3ccccc3)CC1)CS2. The van der Waals surface area contributed by atoms with Crippen LogP contribution in [0.15, 0.2) is 46.4 Å². The summed E-state index contributed by atoms with van der Waals surface area (Å²) in [6.45, 7) is 8.45. The highest BCUT2D eigenvalue weighted by Gasteiger charge is 2.32. The van der Waals surface area contributed by atoms with E-state index in [0.29, 0.717) is 18.7 Å². The van der Waals surface area contributed by atoms with E-state index in [9.17, 15) is 9.59 Å². The number of nitrogens with zero attached hydrogens (tertiary/aromatic N) is 4. The summed E-state index contributed by atoms with van der Waals surface area (Å²) in [6, 6.07) is 10.3. The summed E-state index contributed by atoms with van der Waals surface area (Å²) in [5, 5.41) is 0.749. The molecule has 6 nitrogen and oxygen atoms in total. The van der Waals surface area contributed by atoms with Crippen LogP contribution >= 0.6 is 11.8 Å². The van der Waals surface area contributed by atoms with Gasteiger partial charge >= 0.3 is 0 Å². The molecule has 31 heavy (non-hydrogen) atoms. The molecular weight excluding hydrogens is 408 g/mol. The number of thioether (sulfide) groups is 1. The lowest BCUT2D eigenvalue weighted by molar-refractivity contribution is -0.137. The van der Waals surface area contributed by atoms with Crippen LogP contribution in [0, 0.1) is 12.8 Å². The Morgan fingerprint density at radius 2 is 1.94 bits per heavy atom. The van der Waals surface area contributed by atoms with Crippen LogP contribution in [0.3, 0.4) is 0 Å². The van der Waals surface area contributed by atoms with Crippen LogP contribution in [0.25, 0.3) is 6.08 Å². The lowest BCUT2D eigenvalue weighted by Gasteiger charge is -2.37. The first kappa shape index (κ1) is 21.8. The van der Waals surface area contributed by atoms with Gasteiger partial charge in [0.25, 0.3) is 5.56 Å². The van der Waals surface area contributed by atoms with Crippen molar-refractivity contribution in [2.24, 2.45) is 5.92 Å². The van der Waals surface area contributed by atoms with E-state index in [1.165, 1.54) is 17.3 Å². The first-order valence-corrected chi connectivity index (χ1v) is 12.0. The van der Waals surface area contributed by atoms with Crippen molar-refractivity contribution in [1.29, 1.82) is 0 Å². The minimum atomic E-state index is -0.158. The average molecular weight is 439 g/mol. The van der Waals surface area contributed by atoms with Crippen molar-refractivity contribution in [3.63, 3.8) is 0 Å². The Bertz CT molecular complexity index is 1010. The Balaban J connectivity index is 1.32. The van der Waals surface area contributed by atoms with Crippen LogP contribution in [0.4, 0.5) is 0 Å². The second-order valence-electron chi connectivity index (χ2n) is 8.17. The van der Waals surface area contributed by atoms with Crippen molar-refractivity contribution >= 4 is 23.7 Å². The van der Waals surface area contributed by atoms with Crippen LogP contribution in [0.1, 0.15) is 23.7 Å². The lowest BCUT2D eigenvalue weighted by atomic mass is 10.1.